The van der Waals surface area contributed by atoms with Crippen LogP contribution in [0.15, 0.2) is 0 Å². The first-order valence-corrected chi connectivity index (χ1v) is 3.77. The van der Waals surface area contributed by atoms with Crippen molar-refractivity contribution in [3.05, 3.63) is 0 Å². The number of likely N-dealkylation sites (tertiary alicyclic amines) is 1. The van der Waals surface area contributed by atoms with E-state index in [1.165, 1.54) is 0 Å². The highest BCUT2D eigenvalue weighted by Gasteiger charge is 2.24. The molecule has 64 valence electrons. The lowest BCUT2D eigenvalue weighted by Gasteiger charge is -2.14. The Morgan fingerprint density at radius 2 is 2.45 bits per heavy atom. The first-order valence-electron chi connectivity index (χ1n) is 3.77. The lowest BCUT2D eigenvalue weighted by molar-refractivity contribution is 0.110. The van der Waals surface area contributed by atoms with Gasteiger partial charge in [0.25, 0.3) is 0 Å². The van der Waals surface area contributed by atoms with Crippen LogP contribution < -0.4 is 5.32 Å². The monoisotopic (exact) mass is 158 g/mol. The topological polar surface area (TPSA) is 41.6 Å². The fraction of sp³-hybridized carbons (Fsp3) is 0.857. The highest BCUT2D eigenvalue weighted by molar-refractivity contribution is 5.74. The summed E-state index contributed by atoms with van der Waals surface area (Å²) < 4.78 is 5.11. The average molecular weight is 158 g/mol. The minimum absolute atomic E-state index is 0.00968. The van der Waals surface area contributed by atoms with Crippen molar-refractivity contribution in [2.45, 2.75) is 12.5 Å². The Bertz CT molecular complexity index is 149. The van der Waals surface area contributed by atoms with Crippen molar-refractivity contribution in [3.8, 4) is 0 Å². The molecular formula is C7H14N2O2. The number of amides is 2. The van der Waals surface area contributed by atoms with Crippen molar-refractivity contribution in [1.29, 1.82) is 0 Å². The zero-order chi connectivity index (χ0) is 8.27. The highest BCUT2D eigenvalue weighted by atomic mass is 16.5. The number of hydrogen-bond acceptors (Lipinski definition) is 2. The number of carbonyl (C=O) groups is 1. The molecule has 0 radical (unpaired) electrons. The van der Waals surface area contributed by atoms with E-state index >= 15 is 0 Å². The molecule has 0 aromatic rings. The smallest absolute Gasteiger partial charge is 0.317 e. The molecule has 1 N–H and O–H groups in total. The average Bonchev–Trinajstić information content (AvgIpc) is 2.50. The van der Waals surface area contributed by atoms with E-state index in [1.807, 2.05) is 0 Å². The van der Waals surface area contributed by atoms with Crippen LogP contribution in [0.2, 0.25) is 0 Å². The number of hydrogen-bond donors (Lipinski definition) is 1. The van der Waals surface area contributed by atoms with Crippen LogP contribution in [0.4, 0.5) is 4.79 Å². The van der Waals surface area contributed by atoms with Crippen molar-refractivity contribution in [1.82, 2.24) is 10.2 Å². The summed E-state index contributed by atoms with van der Waals surface area (Å²) in [5, 5.41) is 2.58. The van der Waals surface area contributed by atoms with Crippen LogP contribution in [0.1, 0.15) is 6.42 Å². The van der Waals surface area contributed by atoms with Gasteiger partial charge in [0.2, 0.25) is 0 Å². The lowest BCUT2D eigenvalue weighted by atomic mass is 10.3. The molecule has 0 aromatic carbocycles. The number of urea groups is 1. The van der Waals surface area contributed by atoms with Crippen molar-refractivity contribution in [2.75, 3.05) is 27.2 Å². The van der Waals surface area contributed by atoms with Gasteiger partial charge in [-0.05, 0) is 6.42 Å². The second-order valence-electron chi connectivity index (χ2n) is 2.65. The Morgan fingerprint density at radius 1 is 1.73 bits per heavy atom. The Labute approximate surface area is 66.5 Å². The summed E-state index contributed by atoms with van der Waals surface area (Å²) >= 11 is 0. The number of rotatable bonds is 1. The standard InChI is InChI=1S/C7H14N2O2/c1-8-7(10)9-4-3-6(5-9)11-2/h6H,3-5H2,1-2H3,(H,8,10). The third-order valence-electron chi connectivity index (χ3n) is 1.98. The first kappa shape index (κ1) is 8.33. The van der Waals surface area contributed by atoms with E-state index in [0.717, 1.165) is 19.5 Å². The van der Waals surface area contributed by atoms with Gasteiger partial charge in [-0.25, -0.2) is 4.79 Å². The summed E-state index contributed by atoms with van der Waals surface area (Å²) in [6, 6.07) is -0.00968. The number of nitrogens with one attached hydrogen (secondary N) is 1. The van der Waals surface area contributed by atoms with Crippen molar-refractivity contribution < 1.29 is 9.53 Å². The van der Waals surface area contributed by atoms with Gasteiger partial charge in [-0.3, -0.25) is 0 Å². The molecule has 11 heavy (non-hydrogen) atoms. The minimum atomic E-state index is -0.00968. The quantitative estimate of drug-likeness (QED) is 0.585. The predicted octanol–water partition coefficient (Wildman–Crippen LogP) is 0.0465. The largest absolute Gasteiger partial charge is 0.380 e. The van der Waals surface area contributed by atoms with Crippen molar-refractivity contribution in [3.63, 3.8) is 0 Å². The molecule has 0 spiro atoms. The molecule has 2 amide bonds. The van der Waals surface area contributed by atoms with E-state index in [-0.39, 0.29) is 12.1 Å². The maximum atomic E-state index is 11.0. The summed E-state index contributed by atoms with van der Waals surface area (Å²) in [5.74, 6) is 0. The summed E-state index contributed by atoms with van der Waals surface area (Å²) in [6.07, 6.45) is 1.18. The van der Waals surface area contributed by atoms with E-state index in [1.54, 1.807) is 19.1 Å². The van der Waals surface area contributed by atoms with Gasteiger partial charge >= 0.3 is 6.03 Å². The predicted molar refractivity (Wildman–Crippen MR) is 41.4 cm³/mol. The minimum Gasteiger partial charge on any atom is -0.380 e. The van der Waals surface area contributed by atoms with E-state index in [2.05, 4.69) is 5.32 Å². The molecule has 4 nitrogen and oxygen atoms in total. The second-order valence-corrected chi connectivity index (χ2v) is 2.65. The molecule has 0 bridgehead atoms. The molecular weight excluding hydrogens is 144 g/mol. The lowest BCUT2D eigenvalue weighted by Crippen LogP contribution is -2.36. The fourth-order valence-corrected chi connectivity index (χ4v) is 1.26. The number of ether oxygens (including phenoxy) is 1. The molecule has 1 fully saturated rings. The molecule has 0 saturated carbocycles. The number of carbonyl (C=O) groups excluding carboxylic acids is 1. The highest BCUT2D eigenvalue weighted by Crippen LogP contribution is 2.10. The summed E-state index contributed by atoms with van der Waals surface area (Å²) in [4.78, 5) is 12.8. The van der Waals surface area contributed by atoms with E-state index in [9.17, 15) is 4.79 Å². The van der Waals surface area contributed by atoms with Crippen LogP contribution in [0, 0.1) is 0 Å². The third-order valence-corrected chi connectivity index (χ3v) is 1.98. The SMILES string of the molecule is CNC(=O)N1CCC(OC)C1. The molecule has 1 rings (SSSR count). The van der Waals surface area contributed by atoms with Gasteiger partial charge in [-0.2, -0.15) is 0 Å². The zero-order valence-corrected chi connectivity index (χ0v) is 6.96. The van der Waals surface area contributed by atoms with Crippen LogP contribution in [0.25, 0.3) is 0 Å². The molecule has 1 atom stereocenters. The fourth-order valence-electron chi connectivity index (χ4n) is 1.26. The van der Waals surface area contributed by atoms with Crippen LogP contribution in [0.5, 0.6) is 0 Å². The first-order chi connectivity index (χ1) is 5.27. The molecule has 1 unspecified atom stereocenters. The van der Waals surface area contributed by atoms with Gasteiger partial charge in [-0.1, -0.05) is 0 Å². The third kappa shape index (κ3) is 1.83. The zero-order valence-electron chi connectivity index (χ0n) is 6.96. The second kappa shape index (κ2) is 3.57. The van der Waals surface area contributed by atoms with Crippen molar-refractivity contribution in [2.24, 2.45) is 0 Å². The molecule has 0 aliphatic carbocycles. The molecule has 4 heteroatoms. The van der Waals surface area contributed by atoms with Gasteiger partial charge in [0.1, 0.15) is 0 Å². The van der Waals surface area contributed by atoms with Crippen LogP contribution >= 0.6 is 0 Å². The summed E-state index contributed by atoms with van der Waals surface area (Å²) in [7, 11) is 3.32. The van der Waals surface area contributed by atoms with Gasteiger partial charge in [0, 0.05) is 27.2 Å². The van der Waals surface area contributed by atoms with Crippen LogP contribution in [0.3, 0.4) is 0 Å². The molecule has 1 saturated heterocycles. The Kier molecular flexibility index (Phi) is 2.70. The van der Waals surface area contributed by atoms with E-state index in [0.29, 0.717) is 0 Å². The Balaban J connectivity index is 2.35. The van der Waals surface area contributed by atoms with Gasteiger partial charge in [0.05, 0.1) is 6.10 Å². The van der Waals surface area contributed by atoms with Crippen LogP contribution in [-0.2, 0) is 4.74 Å². The van der Waals surface area contributed by atoms with E-state index < -0.39 is 0 Å². The van der Waals surface area contributed by atoms with Crippen LogP contribution in [-0.4, -0.2) is 44.3 Å². The molecule has 1 aliphatic rings. The summed E-state index contributed by atoms with van der Waals surface area (Å²) in [6.45, 7) is 1.52. The normalized spacial score (nSPS) is 23.8. The summed E-state index contributed by atoms with van der Waals surface area (Å²) in [5.41, 5.74) is 0. The Hall–Kier alpha value is -0.770. The number of nitrogens with zero attached hydrogens (tertiary/aromatic N) is 1. The molecule has 1 heterocycles. The van der Waals surface area contributed by atoms with Gasteiger partial charge in [0.15, 0.2) is 0 Å². The molecule has 0 aromatic heterocycles. The molecule has 1 aliphatic heterocycles. The van der Waals surface area contributed by atoms with E-state index in [4.69, 9.17) is 4.74 Å². The van der Waals surface area contributed by atoms with Gasteiger partial charge in [-0.15, -0.1) is 0 Å². The maximum absolute atomic E-state index is 11.0. The maximum Gasteiger partial charge on any atom is 0.317 e. The van der Waals surface area contributed by atoms with Crippen molar-refractivity contribution >= 4 is 6.03 Å². The van der Waals surface area contributed by atoms with Gasteiger partial charge < -0.3 is 15.0 Å². The Morgan fingerprint density at radius 3 is 2.91 bits per heavy atom. The number of methoxy groups -OCH3 is 1.